The molecule has 1 saturated carbocycles. The van der Waals surface area contributed by atoms with Crippen LogP contribution >= 0.6 is 0 Å². The maximum absolute atomic E-state index is 2.41. The van der Waals surface area contributed by atoms with Crippen molar-refractivity contribution in [2.75, 3.05) is 0 Å². The fourth-order valence-corrected chi connectivity index (χ4v) is 4.70. The summed E-state index contributed by atoms with van der Waals surface area (Å²) in [5.74, 6) is 4.62. The number of hydrogen-bond acceptors (Lipinski definition) is 0. The standard InChI is InChI=1S/C11H19B/c1-2-11-10-4-8-3-9(5-10)7-12(11)6-8/h8-11H,2-7H2,1H3. The van der Waals surface area contributed by atoms with Crippen LogP contribution in [0, 0.1) is 17.8 Å². The topological polar surface area (TPSA) is 0 Å². The molecule has 0 radical (unpaired) electrons. The molecule has 0 aromatic rings. The van der Waals surface area contributed by atoms with Gasteiger partial charge in [0, 0.05) is 0 Å². The van der Waals surface area contributed by atoms with E-state index >= 15 is 0 Å². The van der Waals surface area contributed by atoms with Crippen LogP contribution in [0.4, 0.5) is 0 Å². The van der Waals surface area contributed by atoms with E-state index in [1.807, 2.05) is 0 Å². The average molecular weight is 162 g/mol. The van der Waals surface area contributed by atoms with Crippen LogP contribution in [0.1, 0.15) is 32.6 Å². The fourth-order valence-electron chi connectivity index (χ4n) is 4.70. The zero-order valence-electron chi connectivity index (χ0n) is 8.13. The van der Waals surface area contributed by atoms with Crippen molar-refractivity contribution in [2.24, 2.45) is 17.8 Å². The summed E-state index contributed by atoms with van der Waals surface area (Å²) in [5.41, 5.74) is 0. The maximum Gasteiger partial charge on any atom is 0.143 e. The first-order valence-corrected chi connectivity index (χ1v) is 5.86. The number of hydrogen-bond donors (Lipinski definition) is 0. The highest BCUT2D eigenvalue weighted by Gasteiger charge is 2.48. The third-order valence-corrected chi connectivity index (χ3v) is 4.89. The Morgan fingerprint density at radius 2 is 1.75 bits per heavy atom. The molecule has 3 aliphatic heterocycles. The highest BCUT2D eigenvalue weighted by molar-refractivity contribution is 6.61. The molecule has 0 amide bonds. The molecule has 3 unspecified atom stereocenters. The Morgan fingerprint density at radius 3 is 2.25 bits per heavy atom. The molecule has 4 bridgehead atoms. The van der Waals surface area contributed by atoms with E-state index in [1.165, 1.54) is 6.42 Å². The lowest BCUT2D eigenvalue weighted by atomic mass is 9.23. The molecule has 3 atom stereocenters. The Morgan fingerprint density at radius 1 is 1.08 bits per heavy atom. The molecule has 4 fully saturated rings. The number of rotatable bonds is 1. The predicted octanol–water partition coefficient (Wildman–Crippen LogP) is 3.32. The summed E-state index contributed by atoms with van der Waals surface area (Å²) in [6.07, 6.45) is 9.48. The van der Waals surface area contributed by atoms with Gasteiger partial charge in [0.25, 0.3) is 0 Å². The molecule has 66 valence electrons. The van der Waals surface area contributed by atoms with Crippen molar-refractivity contribution < 1.29 is 0 Å². The zero-order chi connectivity index (χ0) is 8.13. The van der Waals surface area contributed by atoms with Gasteiger partial charge in [0.1, 0.15) is 6.71 Å². The lowest BCUT2D eigenvalue weighted by Gasteiger charge is -2.53. The lowest BCUT2D eigenvalue weighted by molar-refractivity contribution is 0.164. The lowest BCUT2D eigenvalue weighted by Crippen LogP contribution is -2.47. The van der Waals surface area contributed by atoms with Crippen LogP contribution in [0.15, 0.2) is 0 Å². The molecule has 0 spiro atoms. The normalized spacial score (nSPS) is 50.2. The van der Waals surface area contributed by atoms with E-state index < -0.39 is 0 Å². The van der Waals surface area contributed by atoms with Crippen LogP contribution < -0.4 is 0 Å². The first-order chi connectivity index (χ1) is 5.86. The molecule has 4 rings (SSSR count). The van der Waals surface area contributed by atoms with Gasteiger partial charge in [-0.3, -0.25) is 0 Å². The van der Waals surface area contributed by atoms with Crippen molar-refractivity contribution in [3.63, 3.8) is 0 Å². The molecule has 0 nitrogen and oxygen atoms in total. The minimum absolute atomic E-state index is 1.14. The molecule has 3 saturated heterocycles. The second-order valence-electron chi connectivity index (χ2n) is 5.50. The SMILES string of the molecule is CCC1B2CC3CC(C2)CC1C3. The molecule has 1 aliphatic carbocycles. The summed E-state index contributed by atoms with van der Waals surface area (Å²) in [6.45, 7) is 3.57. The predicted molar refractivity (Wildman–Crippen MR) is 53.7 cm³/mol. The largest absolute Gasteiger partial charge is 0.143 e. The quantitative estimate of drug-likeness (QED) is 0.519. The van der Waals surface area contributed by atoms with Crippen molar-refractivity contribution in [3.05, 3.63) is 0 Å². The summed E-state index contributed by atoms with van der Waals surface area (Å²) in [7, 11) is 0. The van der Waals surface area contributed by atoms with E-state index in [0.29, 0.717) is 0 Å². The molecule has 0 aromatic carbocycles. The summed E-state index contributed by atoms with van der Waals surface area (Å²) < 4.78 is 0. The van der Waals surface area contributed by atoms with E-state index in [9.17, 15) is 0 Å². The third kappa shape index (κ3) is 0.915. The summed E-state index contributed by atoms with van der Waals surface area (Å²) in [5, 5.41) is 0. The first kappa shape index (κ1) is 7.47. The van der Waals surface area contributed by atoms with Gasteiger partial charge in [0.15, 0.2) is 0 Å². The van der Waals surface area contributed by atoms with Crippen molar-refractivity contribution >= 4 is 6.71 Å². The van der Waals surface area contributed by atoms with E-state index in [4.69, 9.17) is 0 Å². The van der Waals surface area contributed by atoms with Crippen molar-refractivity contribution in [1.29, 1.82) is 0 Å². The van der Waals surface area contributed by atoms with Gasteiger partial charge in [0.2, 0.25) is 0 Å². The minimum Gasteiger partial charge on any atom is -0.0710 e. The molecule has 4 aliphatic rings. The highest BCUT2D eigenvalue weighted by atomic mass is 14.4. The van der Waals surface area contributed by atoms with Gasteiger partial charge in [-0.15, -0.1) is 0 Å². The molecule has 1 heteroatoms. The van der Waals surface area contributed by atoms with Crippen LogP contribution in [0.2, 0.25) is 18.5 Å². The summed E-state index contributed by atoms with van der Waals surface area (Å²) in [4.78, 5) is 0. The maximum atomic E-state index is 2.41. The van der Waals surface area contributed by atoms with E-state index in [0.717, 1.165) is 30.3 Å². The fraction of sp³-hybridized carbons (Fsp3) is 1.00. The molecule has 0 aromatic heterocycles. The third-order valence-electron chi connectivity index (χ3n) is 4.89. The van der Waals surface area contributed by atoms with Crippen LogP contribution in [0.25, 0.3) is 0 Å². The zero-order valence-corrected chi connectivity index (χ0v) is 8.13. The summed E-state index contributed by atoms with van der Waals surface area (Å²) >= 11 is 0. The Balaban J connectivity index is 1.86. The smallest absolute Gasteiger partial charge is 0.0710 e. The molecular formula is C11H19B. The molecule has 12 heavy (non-hydrogen) atoms. The van der Waals surface area contributed by atoms with E-state index in [-0.39, 0.29) is 0 Å². The van der Waals surface area contributed by atoms with Crippen LogP contribution in [-0.2, 0) is 0 Å². The van der Waals surface area contributed by atoms with Crippen LogP contribution in [0.5, 0.6) is 0 Å². The molecule has 3 heterocycles. The minimum atomic E-state index is 1.14. The van der Waals surface area contributed by atoms with Crippen molar-refractivity contribution in [3.8, 4) is 0 Å². The molecule has 0 N–H and O–H groups in total. The average Bonchev–Trinajstić information content (AvgIpc) is 2.02. The van der Waals surface area contributed by atoms with Gasteiger partial charge in [-0.05, 0) is 37.0 Å². The van der Waals surface area contributed by atoms with E-state index in [1.54, 1.807) is 31.9 Å². The van der Waals surface area contributed by atoms with Gasteiger partial charge in [-0.2, -0.15) is 0 Å². The first-order valence-electron chi connectivity index (χ1n) is 5.86. The summed E-state index contributed by atoms with van der Waals surface area (Å²) in [6, 6.07) is 0. The van der Waals surface area contributed by atoms with Gasteiger partial charge in [0.05, 0.1) is 0 Å². The Bertz CT molecular complexity index is 159. The highest BCUT2D eigenvalue weighted by Crippen LogP contribution is 2.56. The van der Waals surface area contributed by atoms with Crippen molar-refractivity contribution in [1.82, 2.24) is 0 Å². The van der Waals surface area contributed by atoms with Gasteiger partial charge >= 0.3 is 0 Å². The van der Waals surface area contributed by atoms with Crippen molar-refractivity contribution in [2.45, 2.75) is 51.1 Å². The Hall–Kier alpha value is 0.0649. The Kier molecular flexibility index (Phi) is 1.57. The second-order valence-corrected chi connectivity index (χ2v) is 5.50. The van der Waals surface area contributed by atoms with E-state index in [2.05, 4.69) is 6.92 Å². The monoisotopic (exact) mass is 162 g/mol. The molecular weight excluding hydrogens is 143 g/mol. The Labute approximate surface area is 76.2 Å². The second kappa shape index (κ2) is 2.53. The van der Waals surface area contributed by atoms with Crippen LogP contribution in [0.3, 0.4) is 0 Å². The van der Waals surface area contributed by atoms with Gasteiger partial charge in [-0.25, -0.2) is 0 Å². The van der Waals surface area contributed by atoms with Gasteiger partial charge in [-0.1, -0.05) is 31.8 Å². The van der Waals surface area contributed by atoms with Crippen LogP contribution in [-0.4, -0.2) is 6.71 Å². The van der Waals surface area contributed by atoms with Gasteiger partial charge < -0.3 is 0 Å².